The Kier molecular flexibility index (Phi) is 3.34. The van der Waals surface area contributed by atoms with Gasteiger partial charge in [0.2, 0.25) is 0 Å². The SMILES string of the molecule is CC(CC1CC1)NCc1ccc(O)c(O)c1. The van der Waals surface area contributed by atoms with Crippen molar-refractivity contribution in [3.63, 3.8) is 0 Å². The molecule has 1 fully saturated rings. The van der Waals surface area contributed by atoms with E-state index in [9.17, 15) is 10.2 Å². The van der Waals surface area contributed by atoms with Crippen LogP contribution in [-0.2, 0) is 6.54 Å². The fraction of sp³-hybridized carbons (Fsp3) is 0.538. The molecule has 0 aliphatic heterocycles. The average molecular weight is 221 g/mol. The highest BCUT2D eigenvalue weighted by Crippen LogP contribution is 2.33. The van der Waals surface area contributed by atoms with E-state index in [-0.39, 0.29) is 11.5 Å². The second kappa shape index (κ2) is 4.74. The topological polar surface area (TPSA) is 52.5 Å². The molecule has 3 heteroatoms. The molecule has 3 N–H and O–H groups in total. The van der Waals surface area contributed by atoms with E-state index in [0.29, 0.717) is 6.04 Å². The number of rotatable bonds is 5. The van der Waals surface area contributed by atoms with Crippen molar-refractivity contribution in [3.05, 3.63) is 23.8 Å². The molecule has 1 aliphatic carbocycles. The Morgan fingerprint density at radius 2 is 2.06 bits per heavy atom. The summed E-state index contributed by atoms with van der Waals surface area (Å²) in [5.74, 6) is 0.819. The predicted octanol–water partition coefficient (Wildman–Crippen LogP) is 2.38. The zero-order valence-electron chi connectivity index (χ0n) is 9.61. The minimum absolute atomic E-state index is 0.0471. The molecular formula is C13H19NO2. The van der Waals surface area contributed by atoms with Gasteiger partial charge in [-0.1, -0.05) is 18.9 Å². The van der Waals surface area contributed by atoms with Gasteiger partial charge in [0.1, 0.15) is 0 Å². The van der Waals surface area contributed by atoms with Gasteiger partial charge < -0.3 is 15.5 Å². The summed E-state index contributed by atoms with van der Waals surface area (Å²) in [6, 6.07) is 5.47. The fourth-order valence-corrected chi connectivity index (χ4v) is 1.91. The molecule has 0 heterocycles. The highest BCUT2D eigenvalue weighted by atomic mass is 16.3. The highest BCUT2D eigenvalue weighted by molar-refractivity contribution is 5.40. The summed E-state index contributed by atoms with van der Waals surface area (Å²) in [6.45, 7) is 2.93. The van der Waals surface area contributed by atoms with E-state index in [1.165, 1.54) is 25.3 Å². The van der Waals surface area contributed by atoms with Crippen molar-refractivity contribution < 1.29 is 10.2 Å². The molecule has 1 aliphatic rings. The van der Waals surface area contributed by atoms with Crippen molar-refractivity contribution in [2.24, 2.45) is 5.92 Å². The van der Waals surface area contributed by atoms with Crippen LogP contribution >= 0.6 is 0 Å². The Morgan fingerprint density at radius 3 is 2.69 bits per heavy atom. The lowest BCUT2D eigenvalue weighted by atomic mass is 10.1. The van der Waals surface area contributed by atoms with Crippen molar-refractivity contribution in [2.75, 3.05) is 0 Å². The quantitative estimate of drug-likeness (QED) is 0.669. The van der Waals surface area contributed by atoms with Crippen LogP contribution in [0.25, 0.3) is 0 Å². The molecule has 1 aromatic rings. The van der Waals surface area contributed by atoms with E-state index in [1.54, 1.807) is 6.07 Å². The van der Waals surface area contributed by atoms with E-state index >= 15 is 0 Å². The van der Waals surface area contributed by atoms with Crippen LogP contribution in [0.2, 0.25) is 0 Å². The molecule has 0 radical (unpaired) electrons. The maximum Gasteiger partial charge on any atom is 0.157 e. The predicted molar refractivity (Wildman–Crippen MR) is 63.4 cm³/mol. The summed E-state index contributed by atoms with van der Waals surface area (Å²) in [4.78, 5) is 0. The van der Waals surface area contributed by atoms with Crippen molar-refractivity contribution >= 4 is 0 Å². The number of benzene rings is 1. The van der Waals surface area contributed by atoms with Gasteiger partial charge in [-0.25, -0.2) is 0 Å². The molecule has 0 spiro atoms. The average Bonchev–Trinajstić information content (AvgIpc) is 3.04. The summed E-state index contributed by atoms with van der Waals surface area (Å²) < 4.78 is 0. The molecule has 0 aromatic heterocycles. The number of nitrogens with one attached hydrogen (secondary N) is 1. The molecule has 0 amide bonds. The van der Waals surface area contributed by atoms with Crippen LogP contribution in [0.1, 0.15) is 31.7 Å². The normalized spacial score (nSPS) is 17.3. The fourth-order valence-electron chi connectivity index (χ4n) is 1.91. The van der Waals surface area contributed by atoms with E-state index in [2.05, 4.69) is 12.2 Å². The minimum atomic E-state index is -0.0604. The zero-order valence-corrected chi connectivity index (χ0v) is 9.61. The third kappa shape index (κ3) is 3.14. The second-order valence-electron chi connectivity index (χ2n) is 4.78. The van der Waals surface area contributed by atoms with Crippen LogP contribution in [-0.4, -0.2) is 16.3 Å². The number of hydrogen-bond donors (Lipinski definition) is 3. The Morgan fingerprint density at radius 1 is 1.31 bits per heavy atom. The molecule has 3 nitrogen and oxygen atoms in total. The van der Waals surface area contributed by atoms with Crippen molar-refractivity contribution in [1.29, 1.82) is 0 Å². The van der Waals surface area contributed by atoms with Gasteiger partial charge in [0.25, 0.3) is 0 Å². The minimum Gasteiger partial charge on any atom is -0.504 e. The van der Waals surface area contributed by atoms with Gasteiger partial charge in [0.05, 0.1) is 0 Å². The van der Waals surface area contributed by atoms with Crippen LogP contribution in [0, 0.1) is 5.92 Å². The van der Waals surface area contributed by atoms with Gasteiger partial charge in [-0.2, -0.15) is 0 Å². The summed E-state index contributed by atoms with van der Waals surface area (Å²) >= 11 is 0. The lowest BCUT2D eigenvalue weighted by Gasteiger charge is -2.13. The van der Waals surface area contributed by atoms with Gasteiger partial charge in [0, 0.05) is 12.6 Å². The van der Waals surface area contributed by atoms with Gasteiger partial charge >= 0.3 is 0 Å². The first-order valence-corrected chi connectivity index (χ1v) is 5.89. The smallest absolute Gasteiger partial charge is 0.157 e. The number of phenols is 2. The maximum atomic E-state index is 9.34. The zero-order chi connectivity index (χ0) is 11.5. The number of aromatic hydroxyl groups is 2. The Labute approximate surface area is 96.1 Å². The molecule has 1 atom stereocenters. The summed E-state index contributed by atoms with van der Waals surface area (Å²) in [5, 5.41) is 21.9. The Hall–Kier alpha value is -1.22. The molecule has 1 unspecified atom stereocenters. The standard InChI is InChI=1S/C13H19NO2/c1-9(6-10-2-3-10)14-8-11-4-5-12(15)13(16)7-11/h4-5,7,9-10,14-16H,2-3,6,8H2,1H3. The van der Waals surface area contributed by atoms with Crippen LogP contribution in [0.5, 0.6) is 11.5 Å². The number of phenolic OH excluding ortho intramolecular Hbond substituents is 2. The van der Waals surface area contributed by atoms with Gasteiger partial charge in [-0.15, -0.1) is 0 Å². The monoisotopic (exact) mass is 221 g/mol. The van der Waals surface area contributed by atoms with E-state index < -0.39 is 0 Å². The van der Waals surface area contributed by atoms with Gasteiger partial charge in [-0.3, -0.25) is 0 Å². The summed E-state index contributed by atoms with van der Waals surface area (Å²) in [5.41, 5.74) is 0.998. The summed E-state index contributed by atoms with van der Waals surface area (Å²) in [6.07, 6.45) is 4.00. The molecule has 0 bridgehead atoms. The molecule has 0 saturated heterocycles. The first-order valence-electron chi connectivity index (χ1n) is 5.89. The lowest BCUT2D eigenvalue weighted by molar-refractivity contribution is 0.402. The molecule has 88 valence electrons. The molecular weight excluding hydrogens is 202 g/mol. The largest absolute Gasteiger partial charge is 0.504 e. The first-order chi connectivity index (χ1) is 7.65. The lowest BCUT2D eigenvalue weighted by Crippen LogP contribution is -2.25. The van der Waals surface area contributed by atoms with Crippen LogP contribution < -0.4 is 5.32 Å². The molecule has 1 saturated carbocycles. The maximum absolute atomic E-state index is 9.34. The Bertz CT molecular complexity index is 361. The third-order valence-corrected chi connectivity index (χ3v) is 3.08. The van der Waals surface area contributed by atoms with E-state index in [4.69, 9.17) is 0 Å². The third-order valence-electron chi connectivity index (χ3n) is 3.08. The second-order valence-corrected chi connectivity index (χ2v) is 4.78. The van der Waals surface area contributed by atoms with Gasteiger partial charge in [0.15, 0.2) is 11.5 Å². The summed E-state index contributed by atoms with van der Waals surface area (Å²) in [7, 11) is 0. The molecule has 2 rings (SSSR count). The van der Waals surface area contributed by atoms with Crippen LogP contribution in [0.15, 0.2) is 18.2 Å². The van der Waals surface area contributed by atoms with Crippen LogP contribution in [0.4, 0.5) is 0 Å². The number of hydrogen-bond acceptors (Lipinski definition) is 3. The van der Waals surface area contributed by atoms with Crippen molar-refractivity contribution in [1.82, 2.24) is 5.32 Å². The Balaban J connectivity index is 1.81. The van der Waals surface area contributed by atoms with Crippen molar-refractivity contribution in [3.8, 4) is 11.5 Å². The van der Waals surface area contributed by atoms with E-state index in [1.807, 2.05) is 6.07 Å². The van der Waals surface area contributed by atoms with E-state index in [0.717, 1.165) is 18.0 Å². The van der Waals surface area contributed by atoms with Crippen molar-refractivity contribution in [2.45, 2.75) is 38.8 Å². The van der Waals surface area contributed by atoms with Crippen LogP contribution in [0.3, 0.4) is 0 Å². The van der Waals surface area contributed by atoms with Gasteiger partial charge in [-0.05, 0) is 37.0 Å². The molecule has 16 heavy (non-hydrogen) atoms. The highest BCUT2D eigenvalue weighted by Gasteiger charge is 2.23. The molecule has 1 aromatic carbocycles. The first kappa shape index (κ1) is 11.3.